The van der Waals surface area contributed by atoms with E-state index in [0.717, 1.165) is 11.1 Å². The first-order chi connectivity index (χ1) is 9.83. The van der Waals surface area contributed by atoms with Crippen molar-refractivity contribution in [2.24, 2.45) is 0 Å². The molecule has 0 bridgehead atoms. The molecule has 0 atom stereocenters. The maximum atomic E-state index is 5.90. The molecule has 3 rings (SSSR count). The Labute approximate surface area is 121 Å². The zero-order valence-corrected chi connectivity index (χ0v) is 11.3. The first-order valence-electron chi connectivity index (χ1n) is 6.13. The fraction of sp³-hybridized carbons (Fsp3) is 0. The minimum atomic E-state index is 0.250. The summed E-state index contributed by atoms with van der Waals surface area (Å²) in [6.07, 6.45) is 3.06. The second-order valence-electron chi connectivity index (χ2n) is 4.14. The number of ether oxygens (including phenoxy) is 1. The first-order valence-corrected chi connectivity index (χ1v) is 6.50. The van der Waals surface area contributed by atoms with Crippen molar-refractivity contribution < 1.29 is 4.74 Å². The van der Waals surface area contributed by atoms with Crippen molar-refractivity contribution in [1.82, 2.24) is 9.97 Å². The first kappa shape index (κ1) is 12.6. The highest BCUT2D eigenvalue weighted by Crippen LogP contribution is 2.27. The van der Waals surface area contributed by atoms with Crippen LogP contribution in [-0.4, -0.2) is 9.97 Å². The summed E-state index contributed by atoms with van der Waals surface area (Å²) in [4.78, 5) is 7.96. The predicted molar refractivity (Wildman–Crippen MR) is 79.0 cm³/mol. The number of rotatable bonds is 3. The molecule has 0 N–H and O–H groups in total. The van der Waals surface area contributed by atoms with Crippen LogP contribution in [0.2, 0.25) is 5.15 Å². The van der Waals surface area contributed by atoms with Crippen molar-refractivity contribution >= 4 is 11.6 Å². The molecule has 98 valence electrons. The Morgan fingerprint density at radius 1 is 0.750 bits per heavy atom. The van der Waals surface area contributed by atoms with E-state index < -0.39 is 0 Å². The van der Waals surface area contributed by atoms with Crippen LogP contribution in [0.1, 0.15) is 0 Å². The largest absolute Gasteiger partial charge is 0.436 e. The molecule has 1 aromatic heterocycles. The van der Waals surface area contributed by atoms with Crippen molar-refractivity contribution in [3.05, 3.63) is 72.1 Å². The van der Waals surface area contributed by atoms with E-state index in [1.807, 2.05) is 42.5 Å². The minimum Gasteiger partial charge on any atom is -0.436 e. The zero-order chi connectivity index (χ0) is 13.8. The van der Waals surface area contributed by atoms with E-state index in [1.54, 1.807) is 6.20 Å². The number of hydrogen-bond donors (Lipinski definition) is 0. The van der Waals surface area contributed by atoms with E-state index in [9.17, 15) is 0 Å². The van der Waals surface area contributed by atoms with Gasteiger partial charge in [-0.1, -0.05) is 54.1 Å². The van der Waals surface area contributed by atoms with Crippen LogP contribution in [0.4, 0.5) is 0 Å². The minimum absolute atomic E-state index is 0.250. The predicted octanol–water partition coefficient (Wildman–Crippen LogP) is 4.59. The molecule has 0 unspecified atom stereocenters. The van der Waals surface area contributed by atoms with Gasteiger partial charge in [0.05, 0.1) is 0 Å². The summed E-state index contributed by atoms with van der Waals surface area (Å²) in [5.74, 6) is 0.980. The third-order valence-electron chi connectivity index (χ3n) is 2.80. The summed E-state index contributed by atoms with van der Waals surface area (Å²) in [6, 6.07) is 17.9. The average molecular weight is 283 g/mol. The third kappa shape index (κ3) is 2.78. The summed E-state index contributed by atoms with van der Waals surface area (Å²) >= 11 is 5.90. The van der Waals surface area contributed by atoms with Crippen LogP contribution in [0.25, 0.3) is 11.1 Å². The molecular weight excluding hydrogens is 272 g/mol. The fourth-order valence-electron chi connectivity index (χ4n) is 1.83. The molecule has 0 aliphatic heterocycles. The molecule has 0 spiro atoms. The van der Waals surface area contributed by atoms with Crippen molar-refractivity contribution in [1.29, 1.82) is 0 Å². The summed E-state index contributed by atoms with van der Waals surface area (Å²) in [5, 5.41) is 0.250. The van der Waals surface area contributed by atoms with Crippen LogP contribution in [0.15, 0.2) is 67.0 Å². The highest BCUT2D eigenvalue weighted by molar-refractivity contribution is 6.30. The third-order valence-corrected chi connectivity index (χ3v) is 3.06. The number of hydrogen-bond acceptors (Lipinski definition) is 3. The molecule has 0 aliphatic rings. The van der Waals surface area contributed by atoms with E-state index in [4.69, 9.17) is 16.3 Å². The van der Waals surface area contributed by atoms with Crippen LogP contribution in [-0.2, 0) is 0 Å². The summed E-state index contributed by atoms with van der Waals surface area (Å²) in [5.41, 5.74) is 2.29. The molecular formula is C16H11ClN2O. The van der Waals surface area contributed by atoms with Gasteiger partial charge in [0.2, 0.25) is 0 Å². The van der Waals surface area contributed by atoms with E-state index in [0.29, 0.717) is 11.6 Å². The topological polar surface area (TPSA) is 35.0 Å². The smallest absolute Gasteiger partial charge is 0.257 e. The van der Waals surface area contributed by atoms with Crippen LogP contribution in [0.3, 0.4) is 0 Å². The normalized spacial score (nSPS) is 10.2. The average Bonchev–Trinajstić information content (AvgIpc) is 2.51. The molecule has 4 heteroatoms. The van der Waals surface area contributed by atoms with Gasteiger partial charge in [-0.3, -0.25) is 0 Å². The molecule has 20 heavy (non-hydrogen) atoms. The summed E-state index contributed by atoms with van der Waals surface area (Å²) in [6.45, 7) is 0. The van der Waals surface area contributed by atoms with Gasteiger partial charge in [0, 0.05) is 12.4 Å². The van der Waals surface area contributed by atoms with Crippen molar-refractivity contribution in [3.8, 4) is 22.8 Å². The van der Waals surface area contributed by atoms with E-state index in [2.05, 4.69) is 22.1 Å². The Balaban J connectivity index is 1.82. The fourth-order valence-corrected chi connectivity index (χ4v) is 1.98. The van der Waals surface area contributed by atoms with E-state index in [1.165, 1.54) is 6.20 Å². The Hall–Kier alpha value is -2.39. The van der Waals surface area contributed by atoms with Gasteiger partial charge in [0.25, 0.3) is 5.88 Å². The second-order valence-corrected chi connectivity index (χ2v) is 4.50. The van der Waals surface area contributed by atoms with Gasteiger partial charge in [-0.05, 0) is 23.3 Å². The second kappa shape index (κ2) is 5.72. The van der Waals surface area contributed by atoms with Crippen LogP contribution < -0.4 is 4.74 Å². The molecule has 3 nitrogen and oxygen atoms in total. The van der Waals surface area contributed by atoms with Crippen LogP contribution >= 0.6 is 11.6 Å². The van der Waals surface area contributed by atoms with Crippen molar-refractivity contribution in [2.75, 3.05) is 0 Å². The van der Waals surface area contributed by atoms with Gasteiger partial charge in [-0.2, -0.15) is 0 Å². The zero-order valence-electron chi connectivity index (χ0n) is 10.5. The molecule has 0 amide bonds. The van der Waals surface area contributed by atoms with Gasteiger partial charge in [-0.15, -0.1) is 0 Å². The quantitative estimate of drug-likeness (QED) is 0.705. The Bertz CT molecular complexity index is 699. The Morgan fingerprint density at radius 2 is 1.40 bits per heavy atom. The van der Waals surface area contributed by atoms with Crippen LogP contribution in [0.5, 0.6) is 11.6 Å². The van der Waals surface area contributed by atoms with Gasteiger partial charge < -0.3 is 4.74 Å². The molecule has 0 saturated carbocycles. The highest BCUT2D eigenvalue weighted by atomic mass is 35.5. The lowest BCUT2D eigenvalue weighted by molar-refractivity contribution is 0.460. The van der Waals surface area contributed by atoms with Gasteiger partial charge in [0.1, 0.15) is 5.75 Å². The Morgan fingerprint density at radius 3 is 2.10 bits per heavy atom. The van der Waals surface area contributed by atoms with Crippen molar-refractivity contribution in [3.63, 3.8) is 0 Å². The Kier molecular flexibility index (Phi) is 3.61. The van der Waals surface area contributed by atoms with Gasteiger partial charge in [0.15, 0.2) is 5.15 Å². The monoisotopic (exact) mass is 282 g/mol. The molecule has 0 aliphatic carbocycles. The number of benzene rings is 2. The van der Waals surface area contributed by atoms with Gasteiger partial charge >= 0.3 is 0 Å². The molecule has 2 aromatic carbocycles. The SMILES string of the molecule is Clc1nccnc1Oc1ccc(-c2ccccc2)cc1. The van der Waals surface area contributed by atoms with E-state index in [-0.39, 0.29) is 5.15 Å². The standard InChI is InChI=1S/C16H11ClN2O/c17-15-16(19-11-10-18-15)20-14-8-6-13(7-9-14)12-4-2-1-3-5-12/h1-11H. The maximum absolute atomic E-state index is 5.90. The number of aromatic nitrogens is 2. The maximum Gasteiger partial charge on any atom is 0.257 e. The lowest BCUT2D eigenvalue weighted by Crippen LogP contribution is -1.90. The van der Waals surface area contributed by atoms with Crippen LogP contribution in [0, 0.1) is 0 Å². The summed E-state index contributed by atoms with van der Waals surface area (Å²) in [7, 11) is 0. The molecule has 3 aromatic rings. The van der Waals surface area contributed by atoms with Crippen molar-refractivity contribution in [2.45, 2.75) is 0 Å². The van der Waals surface area contributed by atoms with Gasteiger partial charge in [-0.25, -0.2) is 9.97 Å². The number of nitrogens with zero attached hydrogens (tertiary/aromatic N) is 2. The summed E-state index contributed by atoms with van der Waals surface area (Å²) < 4.78 is 5.59. The lowest BCUT2D eigenvalue weighted by Gasteiger charge is -2.06. The molecule has 1 heterocycles. The van der Waals surface area contributed by atoms with E-state index >= 15 is 0 Å². The number of halogens is 1. The molecule has 0 saturated heterocycles. The molecule has 0 radical (unpaired) electrons. The highest BCUT2D eigenvalue weighted by Gasteiger charge is 2.05. The molecule has 0 fully saturated rings. The lowest BCUT2D eigenvalue weighted by atomic mass is 10.1.